The summed E-state index contributed by atoms with van der Waals surface area (Å²) < 4.78 is 13.3. The van der Waals surface area contributed by atoms with Crippen LogP contribution in [0.1, 0.15) is 5.56 Å². The van der Waals surface area contributed by atoms with Gasteiger partial charge in [-0.3, -0.25) is 0 Å². The zero-order chi connectivity index (χ0) is 13.1. The maximum atomic E-state index is 13.3. The Morgan fingerprint density at radius 2 is 1.89 bits per heavy atom. The lowest BCUT2D eigenvalue weighted by atomic mass is 10.0. The molecular weight excluding hydrogens is 272 g/mol. The van der Waals surface area contributed by atoms with Gasteiger partial charge in [-0.2, -0.15) is 0 Å². The SMILES string of the molecule is CNCc1cc(Cl)cc(-c2cc(F)ccc2Cl)c1. The molecule has 94 valence electrons. The van der Waals surface area contributed by atoms with Crippen LogP contribution in [0.5, 0.6) is 0 Å². The zero-order valence-electron chi connectivity index (χ0n) is 9.81. The molecule has 4 heteroatoms. The number of hydrogen-bond donors (Lipinski definition) is 1. The number of rotatable bonds is 3. The maximum Gasteiger partial charge on any atom is 0.123 e. The molecule has 0 radical (unpaired) electrons. The van der Waals surface area contributed by atoms with Crippen molar-refractivity contribution in [2.24, 2.45) is 0 Å². The van der Waals surface area contributed by atoms with Crippen LogP contribution in [0.4, 0.5) is 4.39 Å². The summed E-state index contributed by atoms with van der Waals surface area (Å²) >= 11 is 12.2. The van der Waals surface area contributed by atoms with Gasteiger partial charge in [-0.25, -0.2) is 4.39 Å². The molecule has 0 spiro atoms. The van der Waals surface area contributed by atoms with E-state index in [1.54, 1.807) is 12.1 Å². The van der Waals surface area contributed by atoms with Crippen molar-refractivity contribution in [2.75, 3.05) is 7.05 Å². The molecule has 0 bridgehead atoms. The van der Waals surface area contributed by atoms with E-state index in [0.717, 1.165) is 11.1 Å². The average Bonchev–Trinajstić information content (AvgIpc) is 2.32. The molecule has 0 fully saturated rings. The third-order valence-corrected chi connectivity index (χ3v) is 3.13. The predicted molar refractivity (Wildman–Crippen MR) is 74.6 cm³/mol. The molecule has 0 unspecified atom stereocenters. The van der Waals surface area contributed by atoms with Gasteiger partial charge in [-0.15, -0.1) is 0 Å². The van der Waals surface area contributed by atoms with Crippen LogP contribution in [-0.4, -0.2) is 7.05 Å². The molecule has 0 amide bonds. The van der Waals surface area contributed by atoms with E-state index in [0.29, 0.717) is 22.2 Å². The Balaban J connectivity index is 2.52. The second kappa shape index (κ2) is 5.70. The third-order valence-electron chi connectivity index (χ3n) is 2.58. The van der Waals surface area contributed by atoms with Crippen LogP contribution in [0.25, 0.3) is 11.1 Å². The first-order chi connectivity index (χ1) is 8.60. The van der Waals surface area contributed by atoms with Crippen LogP contribution < -0.4 is 5.32 Å². The normalized spacial score (nSPS) is 10.7. The number of halogens is 3. The molecular formula is C14H12Cl2FN. The van der Waals surface area contributed by atoms with Crippen molar-refractivity contribution in [2.45, 2.75) is 6.54 Å². The van der Waals surface area contributed by atoms with Crippen molar-refractivity contribution in [3.63, 3.8) is 0 Å². The van der Waals surface area contributed by atoms with Crippen molar-refractivity contribution in [1.29, 1.82) is 0 Å². The molecule has 0 aromatic heterocycles. The van der Waals surface area contributed by atoms with E-state index in [2.05, 4.69) is 5.32 Å². The molecule has 0 aliphatic carbocycles. The zero-order valence-corrected chi connectivity index (χ0v) is 11.3. The van der Waals surface area contributed by atoms with Gasteiger partial charge in [0, 0.05) is 22.2 Å². The fourth-order valence-corrected chi connectivity index (χ4v) is 2.32. The first kappa shape index (κ1) is 13.3. The van der Waals surface area contributed by atoms with Crippen molar-refractivity contribution in [3.8, 4) is 11.1 Å². The van der Waals surface area contributed by atoms with Crippen LogP contribution in [0.3, 0.4) is 0 Å². The van der Waals surface area contributed by atoms with E-state index in [1.165, 1.54) is 12.1 Å². The summed E-state index contributed by atoms with van der Waals surface area (Å²) in [5.41, 5.74) is 2.49. The summed E-state index contributed by atoms with van der Waals surface area (Å²) in [6.07, 6.45) is 0. The molecule has 0 saturated heterocycles. The number of hydrogen-bond acceptors (Lipinski definition) is 1. The van der Waals surface area contributed by atoms with Crippen LogP contribution in [0.2, 0.25) is 10.0 Å². The lowest BCUT2D eigenvalue weighted by molar-refractivity contribution is 0.628. The van der Waals surface area contributed by atoms with Gasteiger partial charge in [-0.05, 0) is 54.6 Å². The van der Waals surface area contributed by atoms with Crippen LogP contribution in [0.15, 0.2) is 36.4 Å². The smallest absolute Gasteiger partial charge is 0.123 e. The molecule has 0 aliphatic heterocycles. The third kappa shape index (κ3) is 3.02. The van der Waals surface area contributed by atoms with Crippen molar-refractivity contribution in [3.05, 3.63) is 57.8 Å². The quantitative estimate of drug-likeness (QED) is 0.873. The van der Waals surface area contributed by atoms with Gasteiger partial charge < -0.3 is 5.32 Å². The van der Waals surface area contributed by atoms with E-state index in [4.69, 9.17) is 23.2 Å². The van der Waals surface area contributed by atoms with Gasteiger partial charge in [0.05, 0.1) is 0 Å². The van der Waals surface area contributed by atoms with Crippen molar-refractivity contribution < 1.29 is 4.39 Å². The highest BCUT2D eigenvalue weighted by Gasteiger charge is 2.07. The summed E-state index contributed by atoms with van der Waals surface area (Å²) in [6.45, 7) is 0.695. The maximum absolute atomic E-state index is 13.3. The van der Waals surface area contributed by atoms with E-state index in [9.17, 15) is 4.39 Å². The molecule has 1 nitrogen and oxygen atoms in total. The summed E-state index contributed by atoms with van der Waals surface area (Å²) in [6, 6.07) is 9.89. The largest absolute Gasteiger partial charge is 0.316 e. The first-order valence-corrected chi connectivity index (χ1v) is 6.25. The second-order valence-electron chi connectivity index (χ2n) is 4.00. The highest BCUT2D eigenvalue weighted by Crippen LogP contribution is 2.31. The molecule has 18 heavy (non-hydrogen) atoms. The standard InChI is InChI=1S/C14H12Cl2FN/c1-18-8-9-4-10(6-11(15)5-9)13-7-12(17)2-3-14(13)16/h2-7,18H,8H2,1H3. The van der Waals surface area contributed by atoms with Gasteiger partial charge >= 0.3 is 0 Å². The highest BCUT2D eigenvalue weighted by molar-refractivity contribution is 6.33. The van der Waals surface area contributed by atoms with Crippen LogP contribution >= 0.6 is 23.2 Å². The van der Waals surface area contributed by atoms with Gasteiger partial charge in [0.2, 0.25) is 0 Å². The molecule has 0 atom stereocenters. The van der Waals surface area contributed by atoms with E-state index >= 15 is 0 Å². The van der Waals surface area contributed by atoms with Crippen molar-refractivity contribution >= 4 is 23.2 Å². The van der Waals surface area contributed by atoms with Gasteiger partial charge in [0.25, 0.3) is 0 Å². The van der Waals surface area contributed by atoms with Gasteiger partial charge in [0.1, 0.15) is 5.82 Å². The lowest BCUT2D eigenvalue weighted by Crippen LogP contribution is -2.04. The van der Waals surface area contributed by atoms with Crippen LogP contribution in [0, 0.1) is 5.82 Å². The fourth-order valence-electron chi connectivity index (χ4n) is 1.83. The molecule has 0 aliphatic rings. The Bertz CT molecular complexity index is 570. The van der Waals surface area contributed by atoms with Gasteiger partial charge in [0.15, 0.2) is 0 Å². The van der Waals surface area contributed by atoms with E-state index < -0.39 is 0 Å². The minimum Gasteiger partial charge on any atom is -0.316 e. The van der Waals surface area contributed by atoms with Crippen LogP contribution in [-0.2, 0) is 6.54 Å². The number of benzene rings is 2. The van der Waals surface area contributed by atoms with E-state index in [1.807, 2.05) is 19.2 Å². The molecule has 0 saturated carbocycles. The summed E-state index contributed by atoms with van der Waals surface area (Å²) in [5, 5.41) is 4.17. The Hall–Kier alpha value is -1.09. The topological polar surface area (TPSA) is 12.0 Å². The fraction of sp³-hybridized carbons (Fsp3) is 0.143. The Morgan fingerprint density at radius 1 is 1.11 bits per heavy atom. The van der Waals surface area contributed by atoms with Gasteiger partial charge in [-0.1, -0.05) is 23.2 Å². The average molecular weight is 284 g/mol. The summed E-state index contributed by atoms with van der Waals surface area (Å²) in [4.78, 5) is 0. The monoisotopic (exact) mass is 283 g/mol. The number of nitrogens with one attached hydrogen (secondary N) is 1. The molecule has 2 rings (SSSR count). The summed E-state index contributed by atoms with van der Waals surface area (Å²) in [5.74, 6) is -0.315. The second-order valence-corrected chi connectivity index (χ2v) is 4.85. The minimum absolute atomic E-state index is 0.315. The minimum atomic E-state index is -0.315. The molecule has 2 aromatic carbocycles. The lowest BCUT2D eigenvalue weighted by Gasteiger charge is -2.08. The summed E-state index contributed by atoms with van der Waals surface area (Å²) in [7, 11) is 1.86. The molecule has 1 N–H and O–H groups in total. The molecule has 2 aromatic rings. The predicted octanol–water partition coefficient (Wildman–Crippen LogP) is 4.52. The Morgan fingerprint density at radius 3 is 2.61 bits per heavy atom. The first-order valence-electron chi connectivity index (χ1n) is 5.49. The highest BCUT2D eigenvalue weighted by atomic mass is 35.5. The Labute approximate surface area is 116 Å². The Kier molecular flexibility index (Phi) is 4.23. The van der Waals surface area contributed by atoms with Crippen molar-refractivity contribution in [1.82, 2.24) is 5.32 Å². The molecule has 0 heterocycles. The van der Waals surface area contributed by atoms with E-state index in [-0.39, 0.29) is 5.82 Å².